The van der Waals surface area contributed by atoms with Crippen LogP contribution in [0.15, 0.2) is 23.3 Å². The van der Waals surface area contributed by atoms with Crippen LogP contribution in [0.25, 0.3) is 0 Å². The zero-order valence-corrected chi connectivity index (χ0v) is 18.0. The topological polar surface area (TPSA) is 52.6 Å². The second kappa shape index (κ2) is 9.59. The van der Waals surface area contributed by atoms with Gasteiger partial charge in [-0.2, -0.15) is 0 Å². The molecule has 0 radical (unpaired) electrons. The first-order chi connectivity index (χ1) is 11.7. The lowest BCUT2D eigenvalue weighted by molar-refractivity contribution is 0.436. The van der Waals surface area contributed by atoms with E-state index in [1.165, 1.54) is 19.3 Å². The molecule has 1 saturated carbocycles. The number of aliphatic imine (C=N–C) groups is 1. The largest absolute Gasteiger partial charge is 0.357 e. The van der Waals surface area contributed by atoms with Crippen LogP contribution in [0, 0.1) is 11.8 Å². The Kier molecular flexibility index (Phi) is 7.78. The zero-order valence-electron chi connectivity index (χ0n) is 15.7. The molecule has 2 heterocycles. The van der Waals surface area contributed by atoms with E-state index in [-0.39, 0.29) is 24.0 Å². The molecule has 2 atom stereocenters. The van der Waals surface area contributed by atoms with Crippen LogP contribution in [-0.4, -0.2) is 36.6 Å². The average Bonchev–Trinajstić information content (AvgIpc) is 3.29. The van der Waals surface area contributed by atoms with Crippen molar-refractivity contribution in [2.45, 2.75) is 52.6 Å². The van der Waals surface area contributed by atoms with E-state index < -0.39 is 0 Å². The molecule has 2 N–H and O–H groups in total. The van der Waals surface area contributed by atoms with Crippen molar-refractivity contribution in [2.75, 3.05) is 24.5 Å². The van der Waals surface area contributed by atoms with Crippen molar-refractivity contribution in [3.63, 3.8) is 0 Å². The molecule has 1 aromatic rings. The van der Waals surface area contributed by atoms with Crippen molar-refractivity contribution < 1.29 is 0 Å². The minimum absolute atomic E-state index is 0. The molecule has 1 aliphatic heterocycles. The van der Waals surface area contributed by atoms with Gasteiger partial charge in [0, 0.05) is 31.9 Å². The molecule has 0 spiro atoms. The Labute approximate surface area is 169 Å². The van der Waals surface area contributed by atoms with Crippen molar-refractivity contribution in [3.05, 3.63) is 23.9 Å². The van der Waals surface area contributed by atoms with Gasteiger partial charge in [-0.15, -0.1) is 24.0 Å². The third-order valence-electron chi connectivity index (χ3n) is 5.11. The molecule has 3 rings (SSSR count). The minimum Gasteiger partial charge on any atom is -0.357 e. The number of piperidine rings is 1. The van der Waals surface area contributed by atoms with E-state index in [9.17, 15) is 0 Å². The molecule has 2 unspecified atom stereocenters. The van der Waals surface area contributed by atoms with Crippen LogP contribution in [0.3, 0.4) is 0 Å². The zero-order chi connectivity index (χ0) is 16.9. The summed E-state index contributed by atoms with van der Waals surface area (Å²) in [5.41, 5.74) is 1.16. The van der Waals surface area contributed by atoms with E-state index in [2.05, 4.69) is 53.4 Å². The normalized spacial score (nSPS) is 23.8. The molecule has 0 aromatic carbocycles. The maximum absolute atomic E-state index is 4.69. The Morgan fingerprint density at radius 2 is 2.00 bits per heavy atom. The van der Waals surface area contributed by atoms with Crippen molar-refractivity contribution >= 4 is 35.8 Å². The van der Waals surface area contributed by atoms with Gasteiger partial charge in [0.05, 0.1) is 6.54 Å². The van der Waals surface area contributed by atoms with Gasteiger partial charge in [0.15, 0.2) is 5.96 Å². The standard InChI is InChI=1S/C19H31N5.HI/c1-4-20-19(23-17-11-15(17)3)22-13-16-5-6-18(21-12-16)24-9-7-14(2)8-10-24;/h5-6,12,14-15,17H,4,7-11,13H2,1-3H3,(H2,20,22,23);1H. The molecule has 5 nitrogen and oxygen atoms in total. The number of nitrogens with one attached hydrogen (secondary N) is 2. The van der Waals surface area contributed by atoms with Crippen molar-refractivity contribution in [1.29, 1.82) is 0 Å². The molecule has 2 aliphatic rings. The van der Waals surface area contributed by atoms with Crippen LogP contribution in [-0.2, 0) is 6.54 Å². The summed E-state index contributed by atoms with van der Waals surface area (Å²) in [6.07, 6.45) is 5.76. The summed E-state index contributed by atoms with van der Waals surface area (Å²) >= 11 is 0. The predicted octanol–water partition coefficient (Wildman–Crippen LogP) is 3.40. The Morgan fingerprint density at radius 1 is 1.28 bits per heavy atom. The smallest absolute Gasteiger partial charge is 0.191 e. The number of guanidine groups is 1. The molecule has 6 heteroatoms. The number of aromatic nitrogens is 1. The van der Waals surface area contributed by atoms with E-state index in [0.29, 0.717) is 12.6 Å². The highest BCUT2D eigenvalue weighted by molar-refractivity contribution is 14.0. The van der Waals surface area contributed by atoms with E-state index in [0.717, 1.165) is 48.8 Å². The first-order valence-electron chi connectivity index (χ1n) is 9.40. The number of halogens is 1. The Hall–Kier alpha value is -1.05. The van der Waals surface area contributed by atoms with Gasteiger partial charge in [-0.1, -0.05) is 19.9 Å². The van der Waals surface area contributed by atoms with Gasteiger partial charge in [0.2, 0.25) is 0 Å². The molecule has 0 bridgehead atoms. The summed E-state index contributed by atoms with van der Waals surface area (Å²) < 4.78 is 0. The number of pyridine rings is 1. The number of rotatable bonds is 5. The quantitative estimate of drug-likeness (QED) is 0.405. The highest BCUT2D eigenvalue weighted by Gasteiger charge is 2.33. The summed E-state index contributed by atoms with van der Waals surface area (Å²) in [5, 5.41) is 6.81. The Balaban J connectivity index is 0.00000225. The van der Waals surface area contributed by atoms with Gasteiger partial charge in [0.1, 0.15) is 5.82 Å². The molecule has 1 saturated heterocycles. The second-order valence-electron chi connectivity index (χ2n) is 7.35. The maximum atomic E-state index is 4.69. The molecule has 2 fully saturated rings. The van der Waals surface area contributed by atoms with E-state index in [1.54, 1.807) is 0 Å². The molecule has 1 aliphatic carbocycles. The molecule has 1 aromatic heterocycles. The van der Waals surface area contributed by atoms with Crippen molar-refractivity contribution in [3.8, 4) is 0 Å². The summed E-state index contributed by atoms with van der Waals surface area (Å²) in [7, 11) is 0. The predicted molar refractivity (Wildman–Crippen MR) is 116 cm³/mol. The monoisotopic (exact) mass is 457 g/mol. The van der Waals surface area contributed by atoms with E-state index in [1.807, 2.05) is 6.20 Å². The van der Waals surface area contributed by atoms with Gasteiger partial charge >= 0.3 is 0 Å². The lowest BCUT2D eigenvalue weighted by Gasteiger charge is -2.31. The highest BCUT2D eigenvalue weighted by Crippen LogP contribution is 2.28. The molecule has 0 amide bonds. The number of nitrogens with zero attached hydrogens (tertiary/aromatic N) is 3. The SMILES string of the molecule is CCNC(=NCc1ccc(N2CCC(C)CC2)nc1)NC1CC1C.I. The molecular weight excluding hydrogens is 425 g/mol. The fourth-order valence-electron chi connectivity index (χ4n) is 3.12. The summed E-state index contributed by atoms with van der Waals surface area (Å²) in [4.78, 5) is 11.7. The molecular formula is C19H32IN5. The number of anilines is 1. The van der Waals surface area contributed by atoms with Crippen LogP contribution in [0.5, 0.6) is 0 Å². The second-order valence-corrected chi connectivity index (χ2v) is 7.35. The van der Waals surface area contributed by atoms with Gasteiger partial charge in [-0.05, 0) is 49.7 Å². The lowest BCUT2D eigenvalue weighted by atomic mass is 9.99. The first-order valence-corrected chi connectivity index (χ1v) is 9.40. The van der Waals surface area contributed by atoms with E-state index in [4.69, 9.17) is 4.99 Å². The van der Waals surface area contributed by atoms with Gasteiger partial charge in [-0.25, -0.2) is 9.98 Å². The molecule has 140 valence electrons. The number of hydrogen-bond acceptors (Lipinski definition) is 3. The van der Waals surface area contributed by atoms with E-state index >= 15 is 0 Å². The summed E-state index contributed by atoms with van der Waals surface area (Å²) in [6, 6.07) is 4.89. The van der Waals surface area contributed by atoms with Gasteiger partial charge < -0.3 is 15.5 Å². The van der Waals surface area contributed by atoms with Crippen LogP contribution in [0.4, 0.5) is 5.82 Å². The molecule has 25 heavy (non-hydrogen) atoms. The van der Waals surface area contributed by atoms with Gasteiger partial charge in [-0.3, -0.25) is 0 Å². The Morgan fingerprint density at radius 3 is 2.56 bits per heavy atom. The fraction of sp³-hybridized carbons (Fsp3) is 0.684. The minimum atomic E-state index is 0. The Bertz CT molecular complexity index is 551. The lowest BCUT2D eigenvalue weighted by Crippen LogP contribution is -2.39. The van der Waals surface area contributed by atoms with Crippen molar-refractivity contribution in [2.24, 2.45) is 16.8 Å². The highest BCUT2D eigenvalue weighted by atomic mass is 127. The third kappa shape index (κ3) is 6.01. The average molecular weight is 457 g/mol. The number of hydrogen-bond donors (Lipinski definition) is 2. The van der Waals surface area contributed by atoms with Crippen molar-refractivity contribution in [1.82, 2.24) is 15.6 Å². The fourth-order valence-corrected chi connectivity index (χ4v) is 3.12. The van der Waals surface area contributed by atoms with Gasteiger partial charge in [0.25, 0.3) is 0 Å². The summed E-state index contributed by atoms with van der Waals surface area (Å²) in [5.74, 6) is 3.63. The third-order valence-corrected chi connectivity index (χ3v) is 5.11. The van der Waals surface area contributed by atoms with Crippen LogP contribution in [0.1, 0.15) is 45.6 Å². The van der Waals surface area contributed by atoms with Crippen LogP contribution in [0.2, 0.25) is 0 Å². The maximum Gasteiger partial charge on any atom is 0.191 e. The van der Waals surface area contributed by atoms with Crippen LogP contribution < -0.4 is 15.5 Å². The van der Waals surface area contributed by atoms with Crippen LogP contribution >= 0.6 is 24.0 Å². The summed E-state index contributed by atoms with van der Waals surface area (Å²) in [6.45, 7) is 10.5. The first kappa shape index (κ1) is 20.3.